The molecule has 1 atom stereocenters. The summed E-state index contributed by atoms with van der Waals surface area (Å²) in [5, 5.41) is 21.6. The van der Waals surface area contributed by atoms with Crippen LogP contribution in [0.15, 0.2) is 6.07 Å². The molecule has 0 spiro atoms. The third kappa shape index (κ3) is 3.36. The van der Waals surface area contributed by atoms with Crippen LogP contribution in [0.3, 0.4) is 0 Å². The Bertz CT molecular complexity index is 520. The van der Waals surface area contributed by atoms with E-state index in [-0.39, 0.29) is 10.6 Å². The van der Waals surface area contributed by atoms with Crippen molar-refractivity contribution in [1.29, 1.82) is 0 Å². The molecule has 1 saturated heterocycles. The van der Waals surface area contributed by atoms with Crippen LogP contribution in [0.1, 0.15) is 30.7 Å². The zero-order chi connectivity index (χ0) is 15.0. The van der Waals surface area contributed by atoms with Crippen LogP contribution in [0.2, 0.25) is 0 Å². The van der Waals surface area contributed by atoms with Crippen molar-refractivity contribution in [1.82, 2.24) is 4.90 Å². The van der Waals surface area contributed by atoms with Gasteiger partial charge in [-0.15, -0.1) is 11.3 Å². The van der Waals surface area contributed by atoms with Gasteiger partial charge in [0.05, 0.1) is 11.0 Å². The van der Waals surface area contributed by atoms with Crippen LogP contribution in [-0.2, 0) is 0 Å². The molecule has 0 bridgehead atoms. The van der Waals surface area contributed by atoms with Crippen molar-refractivity contribution < 1.29 is 10.0 Å². The molecule has 0 amide bonds. The lowest BCUT2D eigenvalue weighted by Crippen LogP contribution is -2.46. The predicted molar refractivity (Wildman–Crippen MR) is 83.0 cm³/mol. The number of nitrogens with zero attached hydrogens (tertiary/aromatic N) is 3. The Balaban J connectivity index is 1.69. The van der Waals surface area contributed by atoms with E-state index in [2.05, 4.69) is 9.80 Å². The van der Waals surface area contributed by atoms with E-state index in [1.54, 1.807) is 6.92 Å². The lowest BCUT2D eigenvalue weighted by molar-refractivity contribution is -0.383. The topological polar surface area (TPSA) is 69.8 Å². The highest BCUT2D eigenvalue weighted by Gasteiger charge is 2.30. The molecule has 1 aliphatic heterocycles. The minimum atomic E-state index is -0.654. The molecule has 1 saturated carbocycles. The molecule has 1 aromatic rings. The number of thiophene rings is 1. The Morgan fingerprint density at radius 2 is 2.10 bits per heavy atom. The van der Waals surface area contributed by atoms with Crippen molar-refractivity contribution in [2.45, 2.75) is 25.9 Å². The molecule has 1 unspecified atom stereocenters. The molecule has 116 valence electrons. The highest BCUT2D eigenvalue weighted by molar-refractivity contribution is 7.16. The molecular weight excluding hydrogens is 290 g/mol. The number of rotatable bonds is 5. The van der Waals surface area contributed by atoms with Gasteiger partial charge in [-0.1, -0.05) is 0 Å². The van der Waals surface area contributed by atoms with E-state index >= 15 is 0 Å². The van der Waals surface area contributed by atoms with Gasteiger partial charge in [-0.05, 0) is 25.7 Å². The normalized spacial score (nSPS) is 21.5. The maximum Gasteiger partial charge on any atom is 0.304 e. The summed E-state index contributed by atoms with van der Waals surface area (Å²) < 4.78 is 0. The summed E-state index contributed by atoms with van der Waals surface area (Å²) in [6.45, 7) is 6.41. The SMILES string of the molecule is CC(O)c1cc([N+](=O)[O-])c(N2CCN(CC3CC3)CC2)s1. The van der Waals surface area contributed by atoms with Crippen molar-refractivity contribution >= 4 is 22.0 Å². The maximum atomic E-state index is 11.2. The quantitative estimate of drug-likeness (QED) is 0.667. The van der Waals surface area contributed by atoms with Gasteiger partial charge in [-0.3, -0.25) is 15.0 Å². The van der Waals surface area contributed by atoms with Gasteiger partial charge in [-0.25, -0.2) is 0 Å². The van der Waals surface area contributed by atoms with Crippen LogP contribution in [0.4, 0.5) is 10.7 Å². The predicted octanol–water partition coefficient (Wildman–Crippen LogP) is 2.24. The van der Waals surface area contributed by atoms with Gasteiger partial charge in [0, 0.05) is 43.7 Å². The molecular formula is C14H21N3O3S. The summed E-state index contributed by atoms with van der Waals surface area (Å²) >= 11 is 1.35. The first-order chi connectivity index (χ1) is 10.0. The molecule has 7 heteroatoms. The maximum absolute atomic E-state index is 11.2. The van der Waals surface area contributed by atoms with Gasteiger partial charge in [-0.2, -0.15) is 0 Å². The minimum Gasteiger partial charge on any atom is -0.388 e. The summed E-state index contributed by atoms with van der Waals surface area (Å²) in [4.78, 5) is 16.1. The van der Waals surface area contributed by atoms with E-state index in [0.29, 0.717) is 9.88 Å². The summed E-state index contributed by atoms with van der Waals surface area (Å²) in [7, 11) is 0. The third-order valence-electron chi connectivity index (χ3n) is 4.19. The van der Waals surface area contributed by atoms with Crippen molar-refractivity contribution in [2.75, 3.05) is 37.6 Å². The monoisotopic (exact) mass is 311 g/mol. The standard InChI is InChI=1S/C14H21N3O3S/c1-10(18)13-8-12(17(19)20)14(21-13)16-6-4-15(5-7-16)9-11-2-3-11/h8,10-11,18H,2-7,9H2,1H3. The van der Waals surface area contributed by atoms with Gasteiger partial charge < -0.3 is 10.0 Å². The van der Waals surface area contributed by atoms with Gasteiger partial charge in [0.2, 0.25) is 0 Å². The highest BCUT2D eigenvalue weighted by atomic mass is 32.1. The summed E-state index contributed by atoms with van der Waals surface area (Å²) in [6, 6.07) is 1.52. The molecule has 2 aliphatic rings. The van der Waals surface area contributed by atoms with Gasteiger partial charge in [0.25, 0.3) is 0 Å². The average molecular weight is 311 g/mol. The van der Waals surface area contributed by atoms with E-state index in [1.807, 2.05) is 0 Å². The fraction of sp³-hybridized carbons (Fsp3) is 0.714. The van der Waals surface area contributed by atoms with Crippen LogP contribution in [0.25, 0.3) is 0 Å². The molecule has 3 rings (SSSR count). The number of piperazine rings is 1. The van der Waals surface area contributed by atoms with Crippen LogP contribution >= 0.6 is 11.3 Å². The Hall–Kier alpha value is -1.18. The fourth-order valence-corrected chi connectivity index (χ4v) is 3.87. The number of aliphatic hydroxyl groups is 1. The molecule has 1 aromatic heterocycles. The Morgan fingerprint density at radius 1 is 1.43 bits per heavy atom. The minimum absolute atomic E-state index is 0.131. The van der Waals surface area contributed by atoms with Crippen LogP contribution < -0.4 is 4.90 Å². The van der Waals surface area contributed by atoms with E-state index in [9.17, 15) is 15.2 Å². The number of hydrogen-bond donors (Lipinski definition) is 1. The van der Waals surface area contributed by atoms with Crippen molar-refractivity contribution in [3.05, 3.63) is 21.1 Å². The molecule has 2 heterocycles. The van der Waals surface area contributed by atoms with Crippen LogP contribution in [0.5, 0.6) is 0 Å². The van der Waals surface area contributed by atoms with Gasteiger partial charge in [0.1, 0.15) is 0 Å². The van der Waals surface area contributed by atoms with E-state index in [0.717, 1.165) is 32.1 Å². The van der Waals surface area contributed by atoms with Crippen LogP contribution in [0, 0.1) is 16.0 Å². The van der Waals surface area contributed by atoms with Gasteiger partial charge >= 0.3 is 5.69 Å². The van der Waals surface area contributed by atoms with E-state index in [4.69, 9.17) is 0 Å². The molecule has 0 aromatic carbocycles. The second-order valence-electron chi connectivity index (χ2n) is 6.00. The zero-order valence-electron chi connectivity index (χ0n) is 12.2. The van der Waals surface area contributed by atoms with Crippen molar-refractivity contribution in [2.24, 2.45) is 5.92 Å². The Kier molecular flexibility index (Phi) is 4.14. The van der Waals surface area contributed by atoms with Crippen LogP contribution in [-0.4, -0.2) is 47.7 Å². The second-order valence-corrected chi connectivity index (χ2v) is 7.07. The number of anilines is 1. The first-order valence-corrected chi connectivity index (χ1v) is 8.29. The molecule has 21 heavy (non-hydrogen) atoms. The third-order valence-corrected chi connectivity index (χ3v) is 5.55. The largest absolute Gasteiger partial charge is 0.388 e. The lowest BCUT2D eigenvalue weighted by atomic mass is 10.2. The van der Waals surface area contributed by atoms with Crippen molar-refractivity contribution in [3.8, 4) is 0 Å². The molecule has 0 radical (unpaired) electrons. The lowest BCUT2D eigenvalue weighted by Gasteiger charge is -2.35. The Labute approximate surface area is 128 Å². The molecule has 1 N–H and O–H groups in total. The van der Waals surface area contributed by atoms with E-state index < -0.39 is 6.10 Å². The first-order valence-electron chi connectivity index (χ1n) is 7.48. The first kappa shape index (κ1) is 14.7. The molecule has 2 fully saturated rings. The number of nitro groups is 1. The summed E-state index contributed by atoms with van der Waals surface area (Å²) in [6.07, 6.45) is 2.06. The number of aliphatic hydroxyl groups excluding tert-OH is 1. The smallest absolute Gasteiger partial charge is 0.304 e. The summed E-state index contributed by atoms with van der Waals surface area (Å²) in [5.41, 5.74) is 0.131. The highest BCUT2D eigenvalue weighted by Crippen LogP contribution is 2.40. The van der Waals surface area contributed by atoms with E-state index in [1.165, 1.54) is 36.8 Å². The summed E-state index contributed by atoms with van der Waals surface area (Å²) in [5.74, 6) is 0.884. The van der Waals surface area contributed by atoms with Crippen molar-refractivity contribution in [3.63, 3.8) is 0 Å². The fourth-order valence-electron chi connectivity index (χ4n) is 2.75. The molecule has 6 nitrogen and oxygen atoms in total. The average Bonchev–Trinajstić information content (AvgIpc) is 3.14. The van der Waals surface area contributed by atoms with Gasteiger partial charge in [0.15, 0.2) is 5.00 Å². The second kappa shape index (κ2) is 5.90. The zero-order valence-corrected chi connectivity index (χ0v) is 13.0. The number of hydrogen-bond acceptors (Lipinski definition) is 6. The Morgan fingerprint density at radius 3 is 2.62 bits per heavy atom. The molecule has 1 aliphatic carbocycles.